The van der Waals surface area contributed by atoms with Gasteiger partial charge in [-0.25, -0.2) is 4.98 Å². The van der Waals surface area contributed by atoms with Crippen molar-refractivity contribution in [2.75, 3.05) is 64.3 Å². The first-order valence-electron chi connectivity index (χ1n) is 30.4. The molecule has 3 aliphatic rings. The molecule has 21 heteroatoms. The number of unbranched alkanes of at least 4 members (excludes halogenated alkanes) is 2. The third-order valence-electron chi connectivity index (χ3n) is 18.2. The molecule has 87 heavy (non-hydrogen) atoms. The molecule has 21 nitrogen and oxygen atoms in total. The summed E-state index contributed by atoms with van der Waals surface area (Å²) in [5.41, 5.74) is 16.5. The van der Waals surface area contributed by atoms with E-state index in [-0.39, 0.29) is 44.5 Å². The molecule has 0 aliphatic carbocycles. The Bertz CT molecular complexity index is 3590. The molecule has 3 aliphatic heterocycles. The number of pyridine rings is 1. The van der Waals surface area contributed by atoms with Gasteiger partial charge in [-0.1, -0.05) is 66.5 Å². The molecule has 2 unspecified atom stereocenters. The van der Waals surface area contributed by atoms with E-state index >= 15 is 0 Å². The lowest BCUT2D eigenvalue weighted by molar-refractivity contribution is -0.326. The number of carboxylic acid groups (broad SMARTS) is 5. The Morgan fingerprint density at radius 2 is 1.30 bits per heavy atom. The predicted octanol–water partition coefficient (Wildman–Crippen LogP) is 9.59. The maximum absolute atomic E-state index is 14.5. The van der Waals surface area contributed by atoms with Crippen LogP contribution in [0.2, 0.25) is 0 Å². The van der Waals surface area contributed by atoms with Gasteiger partial charge >= 0.3 is 29.8 Å². The monoisotopic (exact) mass is 1200 g/mol. The number of aliphatic carboxylic acids is 5. The fraction of sp³-hybridized carbons (Fsp3) is 0.515. The summed E-state index contributed by atoms with van der Waals surface area (Å²) in [6.45, 7) is 24.1. The number of fused-ring (bicyclic) bond motifs is 8. The van der Waals surface area contributed by atoms with Gasteiger partial charge in [0.25, 0.3) is 0 Å². The Labute approximate surface area is 508 Å². The van der Waals surface area contributed by atoms with Gasteiger partial charge in [0.05, 0.1) is 55.5 Å². The maximum Gasteiger partial charge on any atom is 0.317 e. The quantitative estimate of drug-likeness (QED) is 0.0188. The van der Waals surface area contributed by atoms with Crippen LogP contribution in [0.3, 0.4) is 0 Å². The minimum Gasteiger partial charge on any atom is -0.480 e. The van der Waals surface area contributed by atoms with Gasteiger partial charge in [0.2, 0.25) is 17.1 Å². The van der Waals surface area contributed by atoms with E-state index in [1.54, 1.807) is 24.3 Å². The van der Waals surface area contributed by atoms with E-state index < -0.39 is 79.4 Å². The van der Waals surface area contributed by atoms with E-state index in [2.05, 4.69) is 126 Å². The Kier molecular flexibility index (Phi) is 21.8. The van der Waals surface area contributed by atoms with Gasteiger partial charge < -0.3 is 50.1 Å². The lowest BCUT2D eigenvalue weighted by Crippen LogP contribution is -2.51. The van der Waals surface area contributed by atoms with Gasteiger partial charge in [-0.2, -0.15) is 0 Å². The topological polar surface area (TPSA) is 298 Å². The summed E-state index contributed by atoms with van der Waals surface area (Å²) in [6, 6.07) is 12.6. The summed E-state index contributed by atoms with van der Waals surface area (Å²) in [5, 5.41) is 52.5. The minimum absolute atomic E-state index is 0.0508. The van der Waals surface area contributed by atoms with E-state index in [9.17, 15) is 54.3 Å². The number of rotatable bonds is 31. The van der Waals surface area contributed by atoms with Gasteiger partial charge in [0, 0.05) is 118 Å². The highest BCUT2D eigenvalue weighted by molar-refractivity contribution is 5.93. The van der Waals surface area contributed by atoms with Gasteiger partial charge in [0.15, 0.2) is 0 Å². The lowest BCUT2D eigenvalue weighted by Gasteiger charge is -2.39. The molecular weight excluding hydrogens is 1110 g/mol. The molecule has 0 saturated carbocycles. The SMILES string of the molecule is CCCCOC(C)c1c(C)c2cc3nc(c4c5[nH+]c(cc6[nH]c(cc1[nH]2)c(C)c6CC)c(C)c-5c(C)n(CCCC)c4C)[C@@](C)(CCC(=O)Nc1ccc(CC(CN(CCN(CC(=O)O)CC(=O)O)CC(=O)O)N(CC(=O)O)CC(=O)O)cc1)C3(C)C. The van der Waals surface area contributed by atoms with Crippen molar-refractivity contribution < 1.29 is 64.0 Å². The van der Waals surface area contributed by atoms with Crippen molar-refractivity contribution >= 4 is 74.4 Å². The number of hydrogen-bond acceptors (Lipinski definition) is 11. The molecule has 470 valence electrons. The number of aromatic amines is 3. The largest absolute Gasteiger partial charge is 0.480 e. The first kappa shape index (κ1) is 66.8. The van der Waals surface area contributed by atoms with Crippen molar-refractivity contribution in [1.82, 2.24) is 34.2 Å². The van der Waals surface area contributed by atoms with Crippen LogP contribution in [0.5, 0.6) is 0 Å². The Morgan fingerprint density at radius 3 is 1.90 bits per heavy atom. The van der Waals surface area contributed by atoms with Crippen LogP contribution >= 0.6 is 0 Å². The van der Waals surface area contributed by atoms with Gasteiger partial charge in [-0.05, 0) is 120 Å². The summed E-state index contributed by atoms with van der Waals surface area (Å²) in [7, 11) is 0. The molecule has 4 aromatic rings. The number of amides is 1. The number of hydrogen-bond donors (Lipinski definition) is 8. The molecule has 9 N–H and O–H groups in total. The molecule has 0 fully saturated rings. The summed E-state index contributed by atoms with van der Waals surface area (Å²) >= 11 is 0. The summed E-state index contributed by atoms with van der Waals surface area (Å²) in [4.78, 5) is 95.1. The maximum atomic E-state index is 14.5. The lowest BCUT2D eigenvalue weighted by atomic mass is 9.62. The van der Waals surface area contributed by atoms with E-state index in [4.69, 9.17) is 9.72 Å². The Hall–Kier alpha value is -7.72. The molecule has 6 heterocycles. The van der Waals surface area contributed by atoms with Crippen LogP contribution in [-0.4, -0.2) is 161 Å². The third-order valence-corrected chi connectivity index (χ3v) is 18.2. The van der Waals surface area contributed by atoms with Crippen molar-refractivity contribution in [3.63, 3.8) is 0 Å². The van der Waals surface area contributed by atoms with Crippen LogP contribution < -0.4 is 10.3 Å². The highest BCUT2D eigenvalue weighted by atomic mass is 16.5. The first-order chi connectivity index (χ1) is 41.1. The number of benzene rings is 1. The van der Waals surface area contributed by atoms with Crippen LogP contribution in [-0.2, 0) is 63.7 Å². The number of nitrogens with one attached hydrogen (secondary N) is 4. The van der Waals surface area contributed by atoms with Crippen molar-refractivity contribution in [3.05, 3.63) is 98.6 Å². The fourth-order valence-electron chi connectivity index (χ4n) is 12.9. The number of H-pyrrole nitrogens is 3. The molecule has 0 spiro atoms. The van der Waals surface area contributed by atoms with Gasteiger partial charge in [-0.3, -0.25) is 48.5 Å². The number of nitrogens with zero attached hydrogens (tertiary/aromatic N) is 5. The van der Waals surface area contributed by atoms with Crippen molar-refractivity contribution in [3.8, 4) is 11.3 Å². The van der Waals surface area contributed by atoms with Crippen LogP contribution in [0, 0.1) is 34.6 Å². The molecule has 3 aromatic heterocycles. The van der Waals surface area contributed by atoms with E-state index in [1.165, 1.54) is 26.6 Å². The highest BCUT2D eigenvalue weighted by Crippen LogP contribution is 2.53. The van der Waals surface area contributed by atoms with Crippen molar-refractivity contribution in [2.45, 2.75) is 164 Å². The molecule has 0 radical (unpaired) electrons. The third kappa shape index (κ3) is 15.2. The molecule has 1 aromatic carbocycles. The number of aromatic nitrogens is 5. The summed E-state index contributed by atoms with van der Waals surface area (Å²) < 4.78 is 8.98. The van der Waals surface area contributed by atoms with E-state index in [0.29, 0.717) is 24.3 Å². The second-order valence-electron chi connectivity index (χ2n) is 24.4. The van der Waals surface area contributed by atoms with E-state index in [1.807, 2.05) is 0 Å². The smallest absolute Gasteiger partial charge is 0.317 e. The van der Waals surface area contributed by atoms with Crippen LogP contribution in [0.15, 0.2) is 42.5 Å². The average molecular weight is 1200 g/mol. The van der Waals surface area contributed by atoms with E-state index in [0.717, 1.165) is 122 Å². The molecule has 1 amide bonds. The Balaban J connectivity index is 1.30. The predicted molar refractivity (Wildman–Crippen MR) is 335 cm³/mol. The van der Waals surface area contributed by atoms with Crippen molar-refractivity contribution in [2.24, 2.45) is 0 Å². The van der Waals surface area contributed by atoms with Crippen LogP contribution in [0.4, 0.5) is 5.69 Å². The number of carbonyl (C=O) groups is 6. The molecule has 0 saturated heterocycles. The number of anilines is 1. The number of ether oxygens (including phenoxy) is 1. The van der Waals surface area contributed by atoms with Crippen LogP contribution in [0.25, 0.3) is 44.2 Å². The number of aryl methyl sites for hydroxylation is 5. The zero-order chi connectivity index (χ0) is 63.8. The molecule has 7 rings (SSSR count). The van der Waals surface area contributed by atoms with Crippen molar-refractivity contribution in [1.29, 1.82) is 0 Å². The second-order valence-corrected chi connectivity index (χ2v) is 24.4. The summed E-state index contributed by atoms with van der Waals surface area (Å²) in [5.74, 6) is -6.70. The van der Waals surface area contributed by atoms with Crippen LogP contribution in [0.1, 0.15) is 149 Å². The highest BCUT2D eigenvalue weighted by Gasteiger charge is 2.52. The second kappa shape index (κ2) is 28.4. The average Bonchev–Trinajstić information content (AvgIpc) is 1.58. The molecule has 3 atom stereocenters. The fourth-order valence-corrected chi connectivity index (χ4v) is 12.9. The summed E-state index contributed by atoms with van der Waals surface area (Å²) in [6.07, 6.45) is 5.16. The normalized spacial score (nSPS) is 15.3. The number of carbonyl (C=O) groups excluding carboxylic acids is 1. The standard InChI is InChI=1S/C66H89N9O12/c1-13-16-24-75-41(7)60-39(5)49-29-51-47(15-3)38(4)48(68-51)30-52-61(43(9)87-27-17-14-2)40(6)50(69-52)31-53-65(10,11)66(12,64(71-53)62(42(75)8)63(60)70-49)23-22-54(76)67-45-20-18-44(19-21-45)28-46(74(36-58(83)84)37-59(85)86)32-72(33-55(77)78)25-26-73(34-56(79)80)35-57(81)82/h18-21,29-31,43,46,68-69H,13-17,22-28,32-37H2,1-12H3,(H,67,76)(H,77,78)(H,79,80)(H,81,82)(H,83,84)(H,85,86)/p+1/t43?,46?,66-/m1/s1. The zero-order valence-corrected chi connectivity index (χ0v) is 52.8. The molecule has 8 bridgehead atoms. The molecular formula is C66H90N9O12+. The zero-order valence-electron chi connectivity index (χ0n) is 52.8. The Morgan fingerprint density at radius 1 is 0.713 bits per heavy atom. The van der Waals surface area contributed by atoms with Gasteiger partial charge in [0.1, 0.15) is 0 Å². The van der Waals surface area contributed by atoms with Gasteiger partial charge in [-0.15, -0.1) is 0 Å². The minimum atomic E-state index is -1.31. The number of carboxylic acids is 5. The first-order valence-corrected chi connectivity index (χ1v) is 30.4.